The third kappa shape index (κ3) is 4.14. The van der Waals surface area contributed by atoms with Crippen molar-refractivity contribution >= 4 is 5.69 Å². The van der Waals surface area contributed by atoms with Crippen molar-refractivity contribution in [3.63, 3.8) is 0 Å². The van der Waals surface area contributed by atoms with Crippen LogP contribution in [0, 0.1) is 11.3 Å². The second kappa shape index (κ2) is 5.71. The lowest BCUT2D eigenvalue weighted by molar-refractivity contribution is -0.137. The summed E-state index contributed by atoms with van der Waals surface area (Å²) in [5.74, 6) is 0. The van der Waals surface area contributed by atoms with E-state index >= 15 is 0 Å². The van der Waals surface area contributed by atoms with E-state index in [1.165, 1.54) is 6.07 Å². The lowest BCUT2D eigenvalue weighted by atomic mass is 10.1. The Kier molecular flexibility index (Phi) is 4.66. The molecule has 0 radical (unpaired) electrons. The number of hydrogen-bond acceptors (Lipinski definition) is 3. The van der Waals surface area contributed by atoms with Crippen LogP contribution in [0.15, 0.2) is 18.2 Å². The first-order chi connectivity index (χ1) is 9.08. The smallest absolute Gasteiger partial charge is 0.389 e. The number of aliphatic hydroxyl groups is 1. The molecule has 110 valence electrons. The molecule has 0 atom stereocenters. The molecule has 0 aliphatic rings. The first-order valence-corrected chi connectivity index (χ1v) is 6.17. The fourth-order valence-electron chi connectivity index (χ4n) is 1.91. The Hall–Kier alpha value is -1.74. The second-order valence-corrected chi connectivity index (χ2v) is 5.17. The van der Waals surface area contributed by atoms with Crippen LogP contribution in [0.3, 0.4) is 0 Å². The van der Waals surface area contributed by atoms with Gasteiger partial charge in [0.15, 0.2) is 0 Å². The van der Waals surface area contributed by atoms with E-state index in [1.807, 2.05) is 6.92 Å². The molecular weight excluding hydrogens is 269 g/mol. The largest absolute Gasteiger partial charge is 0.416 e. The van der Waals surface area contributed by atoms with Gasteiger partial charge in [-0.3, -0.25) is 0 Å². The fraction of sp³-hybridized carbons (Fsp3) is 0.500. The number of anilines is 1. The first-order valence-electron chi connectivity index (χ1n) is 6.17. The Morgan fingerprint density at radius 3 is 2.30 bits per heavy atom. The van der Waals surface area contributed by atoms with Crippen LogP contribution in [0.1, 0.15) is 31.9 Å². The Morgan fingerprint density at radius 2 is 1.90 bits per heavy atom. The summed E-state index contributed by atoms with van der Waals surface area (Å²) in [6, 6.07) is 4.84. The van der Waals surface area contributed by atoms with E-state index < -0.39 is 17.3 Å². The molecule has 1 rings (SSSR count). The van der Waals surface area contributed by atoms with Gasteiger partial charge >= 0.3 is 6.18 Å². The summed E-state index contributed by atoms with van der Waals surface area (Å²) in [4.78, 5) is 1.68. The Bertz CT molecular complexity index is 513. The molecule has 0 heterocycles. The van der Waals surface area contributed by atoms with E-state index in [1.54, 1.807) is 24.8 Å². The molecule has 0 amide bonds. The van der Waals surface area contributed by atoms with Gasteiger partial charge in [-0.05, 0) is 39.0 Å². The summed E-state index contributed by atoms with van der Waals surface area (Å²) >= 11 is 0. The number of benzene rings is 1. The molecule has 1 N–H and O–H groups in total. The van der Waals surface area contributed by atoms with Gasteiger partial charge in [0, 0.05) is 13.1 Å². The monoisotopic (exact) mass is 286 g/mol. The predicted octanol–water partition coefficient (Wildman–Crippen LogP) is 3.17. The molecule has 0 unspecified atom stereocenters. The molecule has 0 saturated heterocycles. The van der Waals surface area contributed by atoms with Crippen molar-refractivity contribution in [2.45, 2.75) is 32.5 Å². The topological polar surface area (TPSA) is 47.3 Å². The van der Waals surface area contributed by atoms with E-state index in [4.69, 9.17) is 5.26 Å². The third-order valence-corrected chi connectivity index (χ3v) is 2.74. The van der Waals surface area contributed by atoms with Crippen molar-refractivity contribution in [1.82, 2.24) is 0 Å². The lowest BCUT2D eigenvalue weighted by Gasteiger charge is -2.30. The highest BCUT2D eigenvalue weighted by molar-refractivity contribution is 5.61. The minimum atomic E-state index is -4.47. The third-order valence-electron chi connectivity index (χ3n) is 2.74. The van der Waals surface area contributed by atoms with Crippen molar-refractivity contribution in [2.75, 3.05) is 18.0 Å². The SMILES string of the molecule is CCN(CC(C)(C)O)c1ccc(C(F)(F)F)cc1C#N. The molecule has 0 aliphatic carbocycles. The predicted molar refractivity (Wildman–Crippen MR) is 70.3 cm³/mol. The maximum atomic E-state index is 12.6. The van der Waals surface area contributed by atoms with Crippen LogP contribution < -0.4 is 4.90 Å². The van der Waals surface area contributed by atoms with Gasteiger partial charge in [-0.25, -0.2) is 0 Å². The van der Waals surface area contributed by atoms with E-state index in [0.29, 0.717) is 12.2 Å². The van der Waals surface area contributed by atoms with Gasteiger partial charge in [-0.15, -0.1) is 0 Å². The van der Waals surface area contributed by atoms with Crippen LogP contribution in [0.5, 0.6) is 0 Å². The van der Waals surface area contributed by atoms with Crippen LogP contribution >= 0.6 is 0 Å². The molecule has 3 nitrogen and oxygen atoms in total. The Morgan fingerprint density at radius 1 is 1.30 bits per heavy atom. The van der Waals surface area contributed by atoms with Gasteiger partial charge in [0.25, 0.3) is 0 Å². The maximum Gasteiger partial charge on any atom is 0.416 e. The summed E-state index contributed by atoms with van der Waals surface area (Å²) in [5.41, 5.74) is -1.51. The molecule has 20 heavy (non-hydrogen) atoms. The van der Waals surface area contributed by atoms with Crippen molar-refractivity contribution in [2.24, 2.45) is 0 Å². The summed E-state index contributed by atoms with van der Waals surface area (Å²) < 4.78 is 37.9. The summed E-state index contributed by atoms with van der Waals surface area (Å²) in [6.45, 7) is 5.72. The fourth-order valence-corrected chi connectivity index (χ4v) is 1.91. The number of halogens is 3. The minimum absolute atomic E-state index is 0.0501. The van der Waals surface area contributed by atoms with E-state index in [-0.39, 0.29) is 12.1 Å². The average Bonchev–Trinajstić information content (AvgIpc) is 2.33. The lowest BCUT2D eigenvalue weighted by Crippen LogP contribution is -2.39. The van der Waals surface area contributed by atoms with Gasteiger partial charge in [-0.2, -0.15) is 18.4 Å². The molecule has 0 bridgehead atoms. The van der Waals surface area contributed by atoms with Crippen LogP contribution in [0.25, 0.3) is 0 Å². The van der Waals surface area contributed by atoms with Crippen molar-refractivity contribution in [3.8, 4) is 6.07 Å². The standard InChI is InChI=1S/C14H17F3N2O/c1-4-19(9-13(2,3)20)12-6-5-11(14(15,16)17)7-10(12)8-18/h5-7,20H,4,9H2,1-3H3. The summed E-state index contributed by atoms with van der Waals surface area (Å²) in [7, 11) is 0. The number of nitriles is 1. The molecule has 0 aromatic heterocycles. The normalized spacial score (nSPS) is 12.1. The zero-order valence-electron chi connectivity index (χ0n) is 11.6. The highest BCUT2D eigenvalue weighted by Gasteiger charge is 2.31. The van der Waals surface area contributed by atoms with Gasteiger partial charge < -0.3 is 10.0 Å². The number of hydrogen-bond donors (Lipinski definition) is 1. The van der Waals surface area contributed by atoms with Crippen molar-refractivity contribution in [1.29, 1.82) is 5.26 Å². The first kappa shape index (κ1) is 16.3. The highest BCUT2D eigenvalue weighted by atomic mass is 19.4. The van der Waals surface area contributed by atoms with E-state index in [2.05, 4.69) is 0 Å². The molecule has 1 aromatic carbocycles. The molecule has 0 fully saturated rings. The van der Waals surface area contributed by atoms with Gasteiger partial charge in [0.2, 0.25) is 0 Å². The minimum Gasteiger partial charge on any atom is -0.389 e. The zero-order valence-corrected chi connectivity index (χ0v) is 11.6. The maximum absolute atomic E-state index is 12.6. The number of rotatable bonds is 4. The van der Waals surface area contributed by atoms with Crippen LogP contribution in [-0.4, -0.2) is 23.8 Å². The second-order valence-electron chi connectivity index (χ2n) is 5.17. The van der Waals surface area contributed by atoms with E-state index in [0.717, 1.165) is 12.1 Å². The van der Waals surface area contributed by atoms with Gasteiger partial charge in [-0.1, -0.05) is 0 Å². The molecule has 1 aromatic rings. The summed E-state index contributed by atoms with van der Waals surface area (Å²) in [5, 5.41) is 18.9. The van der Waals surface area contributed by atoms with E-state index in [9.17, 15) is 18.3 Å². The molecule has 0 spiro atoms. The summed E-state index contributed by atoms with van der Waals surface area (Å²) in [6.07, 6.45) is -4.47. The number of alkyl halides is 3. The molecule has 6 heteroatoms. The molecule has 0 saturated carbocycles. The molecular formula is C14H17F3N2O. The highest BCUT2D eigenvalue weighted by Crippen LogP contribution is 2.33. The Balaban J connectivity index is 3.21. The number of likely N-dealkylation sites (N-methyl/N-ethyl adjacent to an activating group) is 1. The quantitative estimate of drug-likeness (QED) is 0.924. The van der Waals surface area contributed by atoms with Crippen LogP contribution in [-0.2, 0) is 6.18 Å². The zero-order chi connectivity index (χ0) is 15.6. The molecule has 0 aliphatic heterocycles. The number of nitrogens with zero attached hydrogens (tertiary/aromatic N) is 2. The van der Waals surface area contributed by atoms with Gasteiger partial charge in [0.1, 0.15) is 6.07 Å². The van der Waals surface area contributed by atoms with Gasteiger partial charge in [0.05, 0.1) is 22.4 Å². The van der Waals surface area contributed by atoms with Crippen LogP contribution in [0.2, 0.25) is 0 Å². The van der Waals surface area contributed by atoms with Crippen molar-refractivity contribution < 1.29 is 18.3 Å². The van der Waals surface area contributed by atoms with Crippen molar-refractivity contribution in [3.05, 3.63) is 29.3 Å². The van der Waals surface area contributed by atoms with Crippen LogP contribution in [0.4, 0.5) is 18.9 Å². The Labute approximate surface area is 116 Å². The average molecular weight is 286 g/mol.